The van der Waals surface area contributed by atoms with Gasteiger partial charge in [-0.1, -0.05) is 27.7 Å². The second-order valence-electron chi connectivity index (χ2n) is 5.12. The number of hydrogen-bond donors (Lipinski definition) is 1. The summed E-state index contributed by atoms with van der Waals surface area (Å²) in [5, 5.41) is 3.46. The second-order valence-corrected chi connectivity index (χ2v) is 5.12. The first-order chi connectivity index (χ1) is 8.04. The van der Waals surface area contributed by atoms with Crippen LogP contribution in [-0.2, 0) is 0 Å². The Labute approximate surface area is 105 Å². The van der Waals surface area contributed by atoms with E-state index < -0.39 is 0 Å². The number of anilines is 1. The van der Waals surface area contributed by atoms with E-state index in [1.807, 2.05) is 12.1 Å². The third-order valence-corrected chi connectivity index (χ3v) is 3.20. The molecule has 0 fully saturated rings. The molecule has 0 saturated heterocycles. The van der Waals surface area contributed by atoms with Crippen molar-refractivity contribution in [2.45, 2.75) is 27.7 Å². The van der Waals surface area contributed by atoms with E-state index in [1.54, 1.807) is 13.3 Å². The molecule has 0 aliphatic rings. The monoisotopic (exact) mass is 236 g/mol. The van der Waals surface area contributed by atoms with Crippen molar-refractivity contribution in [3.05, 3.63) is 18.3 Å². The van der Waals surface area contributed by atoms with Gasteiger partial charge >= 0.3 is 0 Å². The van der Waals surface area contributed by atoms with Gasteiger partial charge in [-0.3, -0.25) is 0 Å². The van der Waals surface area contributed by atoms with Gasteiger partial charge in [-0.25, -0.2) is 4.98 Å². The van der Waals surface area contributed by atoms with Gasteiger partial charge in [0.25, 0.3) is 0 Å². The SMILES string of the molecule is COc1cc(NCC(C(C)C)C(C)C)ccn1. The topological polar surface area (TPSA) is 34.1 Å². The van der Waals surface area contributed by atoms with Crippen LogP contribution < -0.4 is 10.1 Å². The smallest absolute Gasteiger partial charge is 0.214 e. The van der Waals surface area contributed by atoms with E-state index in [9.17, 15) is 0 Å². The molecule has 96 valence electrons. The van der Waals surface area contributed by atoms with Gasteiger partial charge in [0, 0.05) is 24.5 Å². The molecule has 0 atom stereocenters. The minimum absolute atomic E-state index is 0.653. The van der Waals surface area contributed by atoms with Crippen LogP contribution in [0.5, 0.6) is 5.88 Å². The van der Waals surface area contributed by atoms with E-state index in [0.29, 0.717) is 23.6 Å². The first-order valence-corrected chi connectivity index (χ1v) is 6.28. The van der Waals surface area contributed by atoms with Gasteiger partial charge in [0.1, 0.15) is 0 Å². The van der Waals surface area contributed by atoms with E-state index in [-0.39, 0.29) is 0 Å². The molecule has 1 rings (SSSR count). The Morgan fingerprint density at radius 3 is 2.41 bits per heavy atom. The summed E-state index contributed by atoms with van der Waals surface area (Å²) in [6.07, 6.45) is 1.76. The molecule has 17 heavy (non-hydrogen) atoms. The quantitative estimate of drug-likeness (QED) is 0.821. The summed E-state index contributed by atoms with van der Waals surface area (Å²) < 4.78 is 5.11. The van der Waals surface area contributed by atoms with E-state index in [2.05, 4.69) is 38.0 Å². The highest BCUT2D eigenvalue weighted by atomic mass is 16.5. The number of hydrogen-bond acceptors (Lipinski definition) is 3. The van der Waals surface area contributed by atoms with Crippen LogP contribution in [-0.4, -0.2) is 18.6 Å². The van der Waals surface area contributed by atoms with Gasteiger partial charge in [-0.2, -0.15) is 0 Å². The second kappa shape index (κ2) is 6.48. The lowest BCUT2D eigenvalue weighted by Gasteiger charge is -2.25. The first kappa shape index (κ1) is 13.8. The van der Waals surface area contributed by atoms with Crippen molar-refractivity contribution in [2.24, 2.45) is 17.8 Å². The molecule has 0 saturated carbocycles. The zero-order chi connectivity index (χ0) is 12.8. The fraction of sp³-hybridized carbons (Fsp3) is 0.643. The Balaban J connectivity index is 2.59. The maximum Gasteiger partial charge on any atom is 0.214 e. The standard InChI is InChI=1S/C14H24N2O/c1-10(2)13(11(3)4)9-16-12-6-7-15-14(8-12)17-5/h6-8,10-11,13H,9H2,1-5H3,(H,15,16). The molecule has 1 N–H and O–H groups in total. The summed E-state index contributed by atoms with van der Waals surface area (Å²) in [5.41, 5.74) is 1.07. The maximum atomic E-state index is 5.11. The van der Waals surface area contributed by atoms with E-state index in [1.165, 1.54) is 0 Å². The molecule has 3 heteroatoms. The van der Waals surface area contributed by atoms with Crippen LogP contribution in [0.3, 0.4) is 0 Å². The van der Waals surface area contributed by atoms with Crippen molar-refractivity contribution < 1.29 is 4.74 Å². The Hall–Kier alpha value is -1.25. The summed E-state index contributed by atoms with van der Waals surface area (Å²) >= 11 is 0. The van der Waals surface area contributed by atoms with Crippen molar-refractivity contribution in [3.63, 3.8) is 0 Å². The van der Waals surface area contributed by atoms with Crippen LogP contribution in [0, 0.1) is 17.8 Å². The van der Waals surface area contributed by atoms with E-state index >= 15 is 0 Å². The average molecular weight is 236 g/mol. The summed E-state index contributed by atoms with van der Waals surface area (Å²) in [7, 11) is 1.64. The minimum Gasteiger partial charge on any atom is -0.481 e. The summed E-state index contributed by atoms with van der Waals surface area (Å²) in [4.78, 5) is 4.09. The molecule has 0 bridgehead atoms. The van der Waals surface area contributed by atoms with Crippen molar-refractivity contribution in [1.82, 2.24) is 4.98 Å². The number of aromatic nitrogens is 1. The Morgan fingerprint density at radius 2 is 1.88 bits per heavy atom. The largest absolute Gasteiger partial charge is 0.481 e. The zero-order valence-electron chi connectivity index (χ0n) is 11.5. The van der Waals surface area contributed by atoms with E-state index in [4.69, 9.17) is 4.74 Å². The maximum absolute atomic E-state index is 5.11. The van der Waals surface area contributed by atoms with Crippen LogP contribution in [0.4, 0.5) is 5.69 Å². The first-order valence-electron chi connectivity index (χ1n) is 6.28. The number of pyridine rings is 1. The third-order valence-electron chi connectivity index (χ3n) is 3.20. The highest BCUT2D eigenvalue weighted by Crippen LogP contribution is 2.22. The summed E-state index contributed by atoms with van der Waals surface area (Å²) in [6.45, 7) is 10.1. The van der Waals surface area contributed by atoms with Gasteiger partial charge in [0.15, 0.2) is 0 Å². The molecule has 0 spiro atoms. The molecule has 0 aromatic carbocycles. The molecule has 0 radical (unpaired) electrons. The number of nitrogens with zero attached hydrogens (tertiary/aromatic N) is 1. The summed E-state index contributed by atoms with van der Waals surface area (Å²) in [6, 6.07) is 3.90. The van der Waals surface area contributed by atoms with Gasteiger partial charge < -0.3 is 10.1 Å². The lowest BCUT2D eigenvalue weighted by molar-refractivity contribution is 0.304. The van der Waals surface area contributed by atoms with Gasteiger partial charge in [0.2, 0.25) is 5.88 Å². The molecular formula is C14H24N2O. The van der Waals surface area contributed by atoms with Crippen molar-refractivity contribution in [2.75, 3.05) is 19.0 Å². The molecule has 1 heterocycles. The molecular weight excluding hydrogens is 212 g/mol. The lowest BCUT2D eigenvalue weighted by Crippen LogP contribution is -2.24. The number of ether oxygens (including phenoxy) is 1. The summed E-state index contributed by atoms with van der Waals surface area (Å²) in [5.74, 6) is 2.70. The third kappa shape index (κ3) is 4.25. The van der Waals surface area contributed by atoms with Crippen LogP contribution >= 0.6 is 0 Å². The lowest BCUT2D eigenvalue weighted by atomic mass is 9.85. The molecule has 0 amide bonds. The normalized spacial score (nSPS) is 11.3. The highest BCUT2D eigenvalue weighted by molar-refractivity contribution is 5.44. The van der Waals surface area contributed by atoms with Gasteiger partial charge in [0.05, 0.1) is 7.11 Å². The molecule has 3 nitrogen and oxygen atoms in total. The molecule has 0 aliphatic carbocycles. The Bertz CT molecular complexity index is 329. The van der Waals surface area contributed by atoms with Gasteiger partial charge in [-0.05, 0) is 23.8 Å². The Kier molecular flexibility index (Phi) is 5.26. The van der Waals surface area contributed by atoms with E-state index in [0.717, 1.165) is 12.2 Å². The van der Waals surface area contributed by atoms with Crippen LogP contribution in [0.2, 0.25) is 0 Å². The average Bonchev–Trinajstić information content (AvgIpc) is 2.28. The Morgan fingerprint density at radius 1 is 1.24 bits per heavy atom. The van der Waals surface area contributed by atoms with Crippen LogP contribution in [0.1, 0.15) is 27.7 Å². The van der Waals surface area contributed by atoms with Crippen molar-refractivity contribution >= 4 is 5.69 Å². The van der Waals surface area contributed by atoms with Gasteiger partial charge in [-0.15, -0.1) is 0 Å². The minimum atomic E-state index is 0.653. The molecule has 0 unspecified atom stereocenters. The zero-order valence-corrected chi connectivity index (χ0v) is 11.5. The van der Waals surface area contributed by atoms with Crippen molar-refractivity contribution in [3.8, 4) is 5.88 Å². The molecule has 1 aromatic rings. The van der Waals surface area contributed by atoms with Crippen LogP contribution in [0.15, 0.2) is 18.3 Å². The number of methoxy groups -OCH3 is 1. The number of nitrogens with one attached hydrogen (secondary N) is 1. The molecule has 1 aromatic heterocycles. The predicted molar refractivity (Wildman–Crippen MR) is 72.4 cm³/mol. The predicted octanol–water partition coefficient (Wildman–Crippen LogP) is 3.43. The number of rotatable bonds is 6. The van der Waals surface area contributed by atoms with Crippen molar-refractivity contribution in [1.29, 1.82) is 0 Å². The highest BCUT2D eigenvalue weighted by Gasteiger charge is 2.16. The van der Waals surface area contributed by atoms with Crippen LogP contribution in [0.25, 0.3) is 0 Å². The fourth-order valence-corrected chi connectivity index (χ4v) is 2.11. The fourth-order valence-electron chi connectivity index (χ4n) is 2.11. The molecule has 0 aliphatic heterocycles.